The summed E-state index contributed by atoms with van der Waals surface area (Å²) in [7, 11) is 0. The quantitative estimate of drug-likeness (QED) is 0.310. The summed E-state index contributed by atoms with van der Waals surface area (Å²) in [6.45, 7) is 10.5. The molecular weight excluding hydrogens is 538 g/mol. The Hall–Kier alpha value is -3.89. The van der Waals surface area contributed by atoms with Crippen molar-refractivity contribution in [2.45, 2.75) is 71.3 Å². The molecule has 4 nitrogen and oxygen atoms in total. The number of rotatable bonds is 3. The number of pyridine rings is 1. The van der Waals surface area contributed by atoms with Gasteiger partial charge in [-0.3, -0.25) is 4.98 Å². The lowest BCUT2D eigenvalue weighted by molar-refractivity contribution is 0.0427. The zero-order valence-electron chi connectivity index (χ0n) is 26.3. The van der Waals surface area contributed by atoms with E-state index < -0.39 is 0 Å². The molecule has 0 spiro atoms. The van der Waals surface area contributed by atoms with Gasteiger partial charge in [0.25, 0.3) is 0 Å². The Morgan fingerprint density at radius 3 is 2.59 bits per heavy atom. The maximum atomic E-state index is 6.39. The molecule has 1 fully saturated rings. The van der Waals surface area contributed by atoms with Gasteiger partial charge in [0.15, 0.2) is 5.82 Å². The van der Waals surface area contributed by atoms with Gasteiger partial charge in [0.1, 0.15) is 0 Å². The predicted octanol–water partition coefficient (Wildman–Crippen LogP) is 9.40. The summed E-state index contributed by atoms with van der Waals surface area (Å²) in [6.07, 6.45) is 18.8. The minimum atomic E-state index is -0.187. The van der Waals surface area contributed by atoms with E-state index in [2.05, 4.69) is 93.4 Å². The first kappa shape index (κ1) is 27.6. The second kappa shape index (κ2) is 10.3. The van der Waals surface area contributed by atoms with Crippen LogP contribution in [0.4, 0.5) is 0 Å². The van der Waals surface area contributed by atoms with Gasteiger partial charge < -0.3 is 4.74 Å². The molecule has 44 heavy (non-hydrogen) atoms. The summed E-state index contributed by atoms with van der Waals surface area (Å²) in [6, 6.07) is 17.4. The highest BCUT2D eigenvalue weighted by Crippen LogP contribution is 2.60. The van der Waals surface area contributed by atoms with Crippen LogP contribution in [0.25, 0.3) is 28.1 Å². The minimum absolute atomic E-state index is 0.0599. The molecule has 0 saturated carbocycles. The van der Waals surface area contributed by atoms with Crippen LogP contribution in [0.5, 0.6) is 0 Å². The van der Waals surface area contributed by atoms with Crippen LogP contribution in [-0.2, 0) is 4.74 Å². The van der Waals surface area contributed by atoms with Gasteiger partial charge in [-0.25, -0.2) is 9.97 Å². The molecule has 0 bridgehead atoms. The van der Waals surface area contributed by atoms with Crippen LogP contribution in [0.1, 0.15) is 88.4 Å². The van der Waals surface area contributed by atoms with Crippen LogP contribution in [0, 0.1) is 17.3 Å². The van der Waals surface area contributed by atoms with Crippen molar-refractivity contribution in [3.05, 3.63) is 119 Å². The molecule has 3 heterocycles. The molecule has 222 valence electrons. The van der Waals surface area contributed by atoms with Gasteiger partial charge in [0, 0.05) is 18.2 Å². The predicted molar refractivity (Wildman–Crippen MR) is 178 cm³/mol. The molecular formula is C40H41N3O. The van der Waals surface area contributed by atoms with Crippen LogP contribution in [0.15, 0.2) is 96.3 Å². The van der Waals surface area contributed by atoms with E-state index in [4.69, 9.17) is 14.7 Å². The van der Waals surface area contributed by atoms with Crippen LogP contribution in [0.3, 0.4) is 0 Å². The Morgan fingerprint density at radius 2 is 1.77 bits per heavy atom. The Bertz CT molecular complexity index is 1810. The van der Waals surface area contributed by atoms with E-state index in [9.17, 15) is 0 Å². The molecule has 5 aliphatic rings. The van der Waals surface area contributed by atoms with E-state index in [0.29, 0.717) is 17.8 Å². The van der Waals surface area contributed by atoms with E-state index in [1.54, 1.807) is 0 Å². The van der Waals surface area contributed by atoms with Crippen molar-refractivity contribution in [1.29, 1.82) is 0 Å². The highest BCUT2D eigenvalue weighted by molar-refractivity contribution is 5.81. The summed E-state index contributed by atoms with van der Waals surface area (Å²) in [4.78, 5) is 15.0. The zero-order chi connectivity index (χ0) is 30.1. The molecule has 3 aromatic rings. The van der Waals surface area contributed by atoms with Gasteiger partial charge in [-0.15, -0.1) is 0 Å². The van der Waals surface area contributed by atoms with Crippen molar-refractivity contribution in [2.24, 2.45) is 17.3 Å². The summed E-state index contributed by atoms with van der Waals surface area (Å²) in [5, 5.41) is 0. The number of hydrogen-bond donors (Lipinski definition) is 0. The van der Waals surface area contributed by atoms with Gasteiger partial charge in [-0.05, 0) is 107 Å². The molecule has 8 rings (SSSR count). The molecule has 1 aromatic carbocycles. The Kier molecular flexibility index (Phi) is 6.50. The fourth-order valence-electron chi connectivity index (χ4n) is 8.56. The van der Waals surface area contributed by atoms with Crippen molar-refractivity contribution >= 4 is 16.7 Å². The number of aromatic nitrogens is 3. The van der Waals surface area contributed by atoms with Gasteiger partial charge in [-0.1, -0.05) is 81.5 Å². The Balaban J connectivity index is 1.30. The first-order chi connectivity index (χ1) is 21.3. The zero-order valence-corrected chi connectivity index (χ0v) is 26.3. The van der Waals surface area contributed by atoms with Crippen molar-refractivity contribution in [1.82, 2.24) is 15.0 Å². The van der Waals surface area contributed by atoms with Crippen molar-refractivity contribution < 1.29 is 4.74 Å². The molecule has 4 aliphatic carbocycles. The maximum absolute atomic E-state index is 6.39. The number of allylic oxidation sites excluding steroid dienone is 8. The maximum Gasteiger partial charge on any atom is 0.160 e. The normalized spacial score (nSPS) is 28.5. The highest BCUT2D eigenvalue weighted by Gasteiger charge is 2.49. The smallest absolute Gasteiger partial charge is 0.160 e. The first-order valence-corrected chi connectivity index (χ1v) is 16.4. The second-order valence-corrected chi connectivity index (χ2v) is 14.1. The topological polar surface area (TPSA) is 47.9 Å². The SMILES string of the molecule is CC1CC2c3ccccc3C3=C(C=C4CCOC4(C)C3)C(C)(C)C2C=C1c1cc(-c2ccccn2)nc(C2=CCCC=C2)n1. The third-order valence-electron chi connectivity index (χ3n) is 11.0. The molecule has 1 saturated heterocycles. The molecule has 2 aromatic heterocycles. The van der Waals surface area contributed by atoms with Crippen LogP contribution in [-0.4, -0.2) is 27.2 Å². The molecule has 0 amide bonds. The van der Waals surface area contributed by atoms with E-state index in [1.807, 2.05) is 24.4 Å². The second-order valence-electron chi connectivity index (χ2n) is 14.1. The molecule has 0 N–H and O–H groups in total. The van der Waals surface area contributed by atoms with Crippen molar-refractivity contribution in [3.8, 4) is 11.4 Å². The molecule has 4 heteroatoms. The average molecular weight is 580 g/mol. The van der Waals surface area contributed by atoms with Gasteiger partial charge in [-0.2, -0.15) is 0 Å². The average Bonchev–Trinajstić information content (AvgIpc) is 3.42. The summed E-state index contributed by atoms with van der Waals surface area (Å²) < 4.78 is 6.39. The molecule has 1 aliphatic heterocycles. The van der Waals surface area contributed by atoms with Crippen LogP contribution < -0.4 is 0 Å². The third-order valence-corrected chi connectivity index (χ3v) is 11.0. The standard InChI is InChI=1S/C40H41N3O/c1-25-20-31-28-14-8-9-15-29(28)32-24-40(4)27(17-19-44-40)21-33(32)39(2,3)34(31)22-30(25)36-23-37(35-16-10-11-18-41-35)43-38(42-36)26-12-6-5-7-13-26/h6,8-16,18,21-23,25,31,34H,5,7,17,19-20,24H2,1-4H3. The molecule has 0 radical (unpaired) electrons. The minimum Gasteiger partial charge on any atom is -0.370 e. The van der Waals surface area contributed by atoms with Crippen LogP contribution >= 0.6 is 0 Å². The molecule has 4 atom stereocenters. The summed E-state index contributed by atoms with van der Waals surface area (Å²) >= 11 is 0. The first-order valence-electron chi connectivity index (χ1n) is 16.4. The van der Waals surface area contributed by atoms with E-state index in [0.717, 1.165) is 67.2 Å². The van der Waals surface area contributed by atoms with E-state index >= 15 is 0 Å². The number of fused-ring (bicyclic) bond motifs is 5. The monoisotopic (exact) mass is 579 g/mol. The Labute approximate surface area is 261 Å². The van der Waals surface area contributed by atoms with Gasteiger partial charge >= 0.3 is 0 Å². The van der Waals surface area contributed by atoms with Crippen molar-refractivity contribution in [2.75, 3.05) is 6.61 Å². The number of ether oxygens (including phenoxy) is 1. The largest absolute Gasteiger partial charge is 0.370 e. The third kappa shape index (κ3) is 4.41. The number of hydrogen-bond acceptors (Lipinski definition) is 4. The molecule has 4 unspecified atom stereocenters. The fraction of sp³-hybridized carbons (Fsp3) is 0.375. The summed E-state index contributed by atoms with van der Waals surface area (Å²) in [5.41, 5.74) is 12.3. The lowest BCUT2D eigenvalue weighted by Gasteiger charge is -2.44. The van der Waals surface area contributed by atoms with E-state index in [1.165, 1.54) is 33.4 Å². The highest BCUT2D eigenvalue weighted by atomic mass is 16.5. The summed E-state index contributed by atoms with van der Waals surface area (Å²) in [5.74, 6) is 1.90. The number of benzene rings is 1. The lowest BCUT2D eigenvalue weighted by atomic mass is 9.60. The van der Waals surface area contributed by atoms with Crippen molar-refractivity contribution in [3.63, 3.8) is 0 Å². The van der Waals surface area contributed by atoms with Gasteiger partial charge in [0.05, 0.1) is 29.3 Å². The number of nitrogens with zero attached hydrogens (tertiary/aromatic N) is 3. The lowest BCUT2D eigenvalue weighted by Crippen LogP contribution is -2.35. The fourth-order valence-corrected chi connectivity index (χ4v) is 8.56. The van der Waals surface area contributed by atoms with Gasteiger partial charge in [0.2, 0.25) is 0 Å². The van der Waals surface area contributed by atoms with E-state index in [-0.39, 0.29) is 11.0 Å². The Morgan fingerprint density at radius 1 is 0.932 bits per heavy atom. The van der Waals surface area contributed by atoms with Crippen LogP contribution in [0.2, 0.25) is 0 Å².